The summed E-state index contributed by atoms with van der Waals surface area (Å²) in [6.45, 7) is 14.8. The largest absolute Gasteiger partial charge is 0.367 e. The van der Waals surface area contributed by atoms with Crippen LogP contribution in [0, 0.1) is 17.3 Å². The number of Topliss-reactive ketones (excluding diaryl/α,β-unsaturated/α-hetero) is 1. The predicted octanol–water partition coefficient (Wildman–Crippen LogP) is 3.53. The molecule has 2 nitrogen and oxygen atoms in total. The van der Waals surface area contributed by atoms with Gasteiger partial charge in [0.2, 0.25) is 0 Å². The highest BCUT2D eigenvalue weighted by Crippen LogP contribution is 2.54. The number of ketones is 1. The lowest BCUT2D eigenvalue weighted by Crippen LogP contribution is -2.49. The lowest BCUT2D eigenvalue weighted by atomic mass is 9.60. The molecule has 0 amide bonds. The molecule has 1 saturated carbocycles. The topological polar surface area (TPSA) is 26.3 Å². The Morgan fingerprint density at radius 2 is 2.22 bits per heavy atom. The Hall–Kier alpha value is -0.890. The van der Waals surface area contributed by atoms with Crippen LogP contribution < -0.4 is 0 Å². The Kier molecular flexibility index (Phi) is 3.26. The molecule has 0 spiro atoms. The SMILES string of the molecule is C=CCC1(C)CO[C@]2(C)C(=O)C[C@H](C(=C)C)C[C@H]12. The van der Waals surface area contributed by atoms with E-state index in [9.17, 15) is 4.79 Å². The molecule has 1 saturated heterocycles. The predicted molar refractivity (Wildman–Crippen MR) is 73.3 cm³/mol. The number of hydrogen-bond acceptors (Lipinski definition) is 2. The lowest BCUT2D eigenvalue weighted by molar-refractivity contribution is -0.146. The van der Waals surface area contributed by atoms with Gasteiger partial charge in [-0.1, -0.05) is 25.2 Å². The first-order valence-corrected chi connectivity index (χ1v) is 6.77. The van der Waals surface area contributed by atoms with Gasteiger partial charge in [-0.2, -0.15) is 0 Å². The van der Waals surface area contributed by atoms with Gasteiger partial charge in [0.05, 0.1) is 6.61 Å². The Labute approximate surface area is 110 Å². The first-order chi connectivity index (χ1) is 8.33. The molecule has 1 heterocycles. The van der Waals surface area contributed by atoms with E-state index in [1.807, 2.05) is 19.9 Å². The van der Waals surface area contributed by atoms with Crippen LogP contribution in [-0.2, 0) is 9.53 Å². The molecule has 2 rings (SSSR count). The van der Waals surface area contributed by atoms with Crippen molar-refractivity contribution >= 4 is 5.78 Å². The third-order valence-electron chi connectivity index (χ3n) is 5.02. The maximum Gasteiger partial charge on any atom is 0.165 e. The van der Waals surface area contributed by atoms with E-state index in [2.05, 4.69) is 20.1 Å². The highest BCUT2D eigenvalue weighted by molar-refractivity contribution is 5.89. The second kappa shape index (κ2) is 4.34. The molecule has 0 aromatic heterocycles. The zero-order valence-corrected chi connectivity index (χ0v) is 11.8. The van der Waals surface area contributed by atoms with Crippen LogP contribution in [-0.4, -0.2) is 18.0 Å². The molecular formula is C16H24O2. The normalized spacial score (nSPS) is 43.6. The third kappa shape index (κ3) is 1.87. The second-order valence-electron chi connectivity index (χ2n) is 6.50. The van der Waals surface area contributed by atoms with E-state index in [1.54, 1.807) is 0 Å². The quantitative estimate of drug-likeness (QED) is 0.714. The molecule has 2 heteroatoms. The van der Waals surface area contributed by atoms with Crippen LogP contribution in [0.1, 0.15) is 40.0 Å². The van der Waals surface area contributed by atoms with E-state index in [1.165, 1.54) is 0 Å². The molecule has 1 unspecified atom stereocenters. The molecule has 0 aromatic carbocycles. The number of fused-ring (bicyclic) bond motifs is 1. The number of hydrogen-bond donors (Lipinski definition) is 0. The van der Waals surface area contributed by atoms with Crippen LogP contribution in [0.4, 0.5) is 0 Å². The van der Waals surface area contributed by atoms with Gasteiger partial charge in [0, 0.05) is 17.8 Å². The number of carbonyl (C=O) groups is 1. The van der Waals surface area contributed by atoms with Crippen molar-refractivity contribution in [1.82, 2.24) is 0 Å². The standard InChI is InChI=1S/C16H24O2/c1-6-7-15(4)10-18-16(5)13(15)8-12(11(2)3)9-14(16)17/h6,12-13H,1-2,7-10H2,3-5H3/t12-,13-,15?,16+/m1/s1. The maximum absolute atomic E-state index is 12.4. The van der Waals surface area contributed by atoms with Gasteiger partial charge in [0.1, 0.15) is 5.60 Å². The summed E-state index contributed by atoms with van der Waals surface area (Å²) in [5.41, 5.74) is 0.586. The fourth-order valence-corrected chi connectivity index (χ4v) is 3.67. The molecule has 1 aliphatic heterocycles. The summed E-state index contributed by atoms with van der Waals surface area (Å²) in [7, 11) is 0. The molecule has 18 heavy (non-hydrogen) atoms. The number of allylic oxidation sites excluding steroid dienone is 2. The van der Waals surface area contributed by atoms with Gasteiger partial charge in [-0.15, -0.1) is 6.58 Å². The highest BCUT2D eigenvalue weighted by Gasteiger charge is 2.59. The zero-order chi connectivity index (χ0) is 13.6. The second-order valence-corrected chi connectivity index (χ2v) is 6.50. The van der Waals surface area contributed by atoms with E-state index < -0.39 is 5.60 Å². The minimum absolute atomic E-state index is 0.0419. The summed E-state index contributed by atoms with van der Waals surface area (Å²) in [5, 5.41) is 0. The van der Waals surface area contributed by atoms with Crippen molar-refractivity contribution in [1.29, 1.82) is 0 Å². The molecule has 0 aromatic rings. The van der Waals surface area contributed by atoms with Gasteiger partial charge in [0.15, 0.2) is 5.78 Å². The number of ether oxygens (including phenoxy) is 1. The Balaban J connectivity index is 2.32. The molecular weight excluding hydrogens is 224 g/mol. The van der Waals surface area contributed by atoms with Crippen LogP contribution >= 0.6 is 0 Å². The van der Waals surface area contributed by atoms with Crippen LogP contribution in [0.25, 0.3) is 0 Å². The smallest absolute Gasteiger partial charge is 0.165 e. The van der Waals surface area contributed by atoms with Crippen molar-refractivity contribution in [2.75, 3.05) is 6.61 Å². The molecule has 0 radical (unpaired) electrons. The summed E-state index contributed by atoms with van der Waals surface area (Å²) in [6, 6.07) is 0. The fraction of sp³-hybridized carbons (Fsp3) is 0.688. The van der Waals surface area contributed by atoms with E-state index in [4.69, 9.17) is 4.74 Å². The summed E-state index contributed by atoms with van der Waals surface area (Å²) in [4.78, 5) is 12.4. The molecule has 100 valence electrons. The van der Waals surface area contributed by atoms with Crippen molar-refractivity contribution in [3.63, 3.8) is 0 Å². The number of carbonyl (C=O) groups excluding carboxylic acids is 1. The van der Waals surface area contributed by atoms with Crippen LogP contribution in [0.3, 0.4) is 0 Å². The van der Waals surface area contributed by atoms with Crippen molar-refractivity contribution in [3.05, 3.63) is 24.8 Å². The fourth-order valence-electron chi connectivity index (χ4n) is 3.67. The summed E-state index contributed by atoms with van der Waals surface area (Å²) in [5.74, 6) is 0.854. The molecule has 0 N–H and O–H groups in total. The Morgan fingerprint density at radius 1 is 1.56 bits per heavy atom. The molecule has 1 aliphatic carbocycles. The van der Waals surface area contributed by atoms with Gasteiger partial charge in [-0.25, -0.2) is 0 Å². The maximum atomic E-state index is 12.4. The Morgan fingerprint density at radius 3 is 2.78 bits per heavy atom. The van der Waals surface area contributed by atoms with E-state index >= 15 is 0 Å². The van der Waals surface area contributed by atoms with Crippen LogP contribution in [0.5, 0.6) is 0 Å². The zero-order valence-electron chi connectivity index (χ0n) is 11.8. The molecule has 0 bridgehead atoms. The van der Waals surface area contributed by atoms with Crippen LogP contribution in [0.15, 0.2) is 24.8 Å². The van der Waals surface area contributed by atoms with Crippen molar-refractivity contribution in [2.24, 2.45) is 17.3 Å². The molecule has 2 aliphatic rings. The first-order valence-electron chi connectivity index (χ1n) is 6.77. The van der Waals surface area contributed by atoms with E-state index in [-0.39, 0.29) is 17.1 Å². The highest BCUT2D eigenvalue weighted by atomic mass is 16.5. The molecule has 2 fully saturated rings. The average molecular weight is 248 g/mol. The van der Waals surface area contributed by atoms with Crippen LogP contribution in [0.2, 0.25) is 0 Å². The van der Waals surface area contributed by atoms with Crippen molar-refractivity contribution in [3.8, 4) is 0 Å². The third-order valence-corrected chi connectivity index (χ3v) is 5.02. The molecule has 4 atom stereocenters. The van der Waals surface area contributed by atoms with Gasteiger partial charge in [-0.3, -0.25) is 4.79 Å². The number of rotatable bonds is 3. The minimum Gasteiger partial charge on any atom is -0.367 e. The lowest BCUT2D eigenvalue weighted by Gasteiger charge is -2.42. The minimum atomic E-state index is -0.580. The summed E-state index contributed by atoms with van der Waals surface area (Å²) < 4.78 is 5.93. The van der Waals surface area contributed by atoms with Gasteiger partial charge < -0.3 is 4.74 Å². The summed E-state index contributed by atoms with van der Waals surface area (Å²) >= 11 is 0. The summed E-state index contributed by atoms with van der Waals surface area (Å²) in [6.07, 6.45) is 4.46. The monoisotopic (exact) mass is 248 g/mol. The van der Waals surface area contributed by atoms with E-state index in [0.29, 0.717) is 18.9 Å². The van der Waals surface area contributed by atoms with Crippen molar-refractivity contribution < 1.29 is 9.53 Å². The van der Waals surface area contributed by atoms with Crippen molar-refractivity contribution in [2.45, 2.75) is 45.6 Å². The van der Waals surface area contributed by atoms with Gasteiger partial charge in [0.25, 0.3) is 0 Å². The average Bonchev–Trinajstić information content (AvgIpc) is 2.55. The van der Waals surface area contributed by atoms with Gasteiger partial charge >= 0.3 is 0 Å². The Bertz CT molecular complexity index is 398. The van der Waals surface area contributed by atoms with E-state index in [0.717, 1.165) is 18.4 Å². The first kappa shape index (κ1) is 13.5. The van der Waals surface area contributed by atoms with Gasteiger partial charge in [-0.05, 0) is 32.6 Å².